The van der Waals surface area contributed by atoms with Crippen LogP contribution in [0, 0.1) is 0 Å². The number of hydrogen-bond acceptors (Lipinski definition) is 1. The first kappa shape index (κ1) is 55.6. The molecule has 1 aliphatic carbocycles. The van der Waals surface area contributed by atoms with E-state index < -0.39 is 55.8 Å². The monoisotopic (exact) mass is 1000 g/mol. The molecule has 1 fully saturated rings. The summed E-state index contributed by atoms with van der Waals surface area (Å²) < 4.78 is 95.8. The van der Waals surface area contributed by atoms with E-state index in [1.165, 1.54) is 70.9 Å². The molecule has 0 unspecified atom stereocenters. The van der Waals surface area contributed by atoms with Crippen molar-refractivity contribution in [3.8, 4) is 0 Å². The van der Waals surface area contributed by atoms with Gasteiger partial charge in [0.2, 0.25) is 0 Å². The third kappa shape index (κ3) is 14.4. The second-order valence-electron chi connectivity index (χ2n) is 19.5. The van der Waals surface area contributed by atoms with E-state index in [2.05, 4.69) is 94.5 Å². The first-order chi connectivity index (χ1) is 32.2. The molecule has 0 aliphatic heterocycles. The largest absolute Gasteiger partial charge is 0.417 e. The van der Waals surface area contributed by atoms with Crippen molar-refractivity contribution in [3.63, 3.8) is 0 Å². The van der Waals surface area contributed by atoms with Gasteiger partial charge in [-0.2, -0.15) is 26.3 Å². The van der Waals surface area contributed by atoms with Crippen molar-refractivity contribution in [1.29, 1.82) is 0 Å². The van der Waals surface area contributed by atoms with Gasteiger partial charge in [-0.1, -0.05) is 269 Å². The van der Waals surface area contributed by atoms with Crippen LogP contribution in [0.15, 0.2) is 97.1 Å². The Balaban J connectivity index is 1.97. The molecule has 1 nitrogen and oxygen atoms in total. The Kier molecular flexibility index (Phi) is 22.2. The van der Waals surface area contributed by atoms with Crippen molar-refractivity contribution < 1.29 is 26.3 Å². The molecule has 1 aliphatic rings. The van der Waals surface area contributed by atoms with Gasteiger partial charge >= 0.3 is 12.4 Å². The van der Waals surface area contributed by atoms with Crippen LogP contribution >= 0.6 is 16.1 Å². The van der Waals surface area contributed by atoms with Gasteiger partial charge in [0.05, 0.1) is 27.3 Å². The van der Waals surface area contributed by atoms with Crippen LogP contribution in [0.5, 0.6) is 0 Å². The summed E-state index contributed by atoms with van der Waals surface area (Å²) in [5.74, 6) is 0. The fraction of sp³-hybridized carbons (Fsp3) is 0.571. The number of alkyl halides is 6. The van der Waals surface area contributed by atoms with Gasteiger partial charge in [-0.15, -0.1) is 0 Å². The van der Waals surface area contributed by atoms with Gasteiger partial charge in [0, 0.05) is 32.8 Å². The molecule has 1 saturated carbocycles. The van der Waals surface area contributed by atoms with E-state index in [9.17, 15) is 0 Å². The van der Waals surface area contributed by atoms with E-state index in [0.29, 0.717) is 0 Å². The van der Waals surface area contributed by atoms with Gasteiger partial charge in [0.25, 0.3) is 0 Å². The van der Waals surface area contributed by atoms with E-state index in [-0.39, 0.29) is 16.7 Å². The highest BCUT2D eigenvalue weighted by atomic mass is 31.2. The Morgan fingerprint density at radius 1 is 0.448 bits per heavy atom. The van der Waals surface area contributed by atoms with Crippen LogP contribution in [0.4, 0.5) is 26.3 Å². The van der Waals surface area contributed by atoms with E-state index in [4.69, 9.17) is 0 Å². The van der Waals surface area contributed by atoms with Crippen molar-refractivity contribution in [1.82, 2.24) is 4.44 Å². The predicted molar refractivity (Wildman–Crippen MR) is 286 cm³/mol. The second-order valence-corrected chi connectivity index (χ2v) is 33.2. The molecule has 4 aromatic rings. The zero-order valence-corrected chi connectivity index (χ0v) is 45.5. The van der Waals surface area contributed by atoms with Crippen molar-refractivity contribution in [2.45, 2.75) is 205 Å². The molecule has 5 rings (SSSR count). The molecule has 0 atom stereocenters. The zero-order chi connectivity index (χ0) is 48.5. The zero-order valence-electron chi connectivity index (χ0n) is 41.7. The highest BCUT2D eigenvalue weighted by Gasteiger charge is 2.46. The van der Waals surface area contributed by atoms with Gasteiger partial charge in [-0.05, 0) is 35.6 Å². The van der Waals surface area contributed by atoms with Crippen LogP contribution in [0.1, 0.15) is 162 Å². The number of rotatable bonds is 27. The normalized spacial score (nSPS) is 14.5. The number of unbranched alkanes of at least 4 members (excludes halogenated alkanes) is 6. The molecular formula is C56H81F6NP2Si2. The van der Waals surface area contributed by atoms with E-state index in [1.807, 2.05) is 0 Å². The number of nitrogens with zero attached hydrogens (tertiary/aromatic N) is 1. The highest BCUT2D eigenvalue weighted by molar-refractivity contribution is 7.84. The minimum atomic E-state index is -4.77. The molecule has 4 aromatic carbocycles. The lowest BCUT2D eigenvalue weighted by Gasteiger charge is -2.46. The predicted octanol–water partition coefficient (Wildman–Crippen LogP) is 16.9. The van der Waals surface area contributed by atoms with Crippen LogP contribution in [0.25, 0.3) is 0 Å². The molecule has 0 saturated heterocycles. The smallest absolute Gasteiger partial charge is 0.242 e. The maximum absolute atomic E-state index is 15.6. The first-order valence-electron chi connectivity index (χ1n) is 26.2. The van der Waals surface area contributed by atoms with Gasteiger partial charge in [0.15, 0.2) is 0 Å². The SMILES string of the molecule is CCCC[Si](CCCC)(CCCC)c1cccc(P(c2cccc([Si](CCCC)(CCCC)CCCC)c2)N(C2CCCCC2)P(c2ccccc2C(F)(F)F)c2ccccc2C(F)(F)F)c1. The third-order valence-electron chi connectivity index (χ3n) is 14.6. The van der Waals surface area contributed by atoms with Crippen LogP contribution in [0.2, 0.25) is 36.3 Å². The molecule has 0 heterocycles. The van der Waals surface area contributed by atoms with Crippen LogP contribution < -0.4 is 31.6 Å². The van der Waals surface area contributed by atoms with Gasteiger partial charge in [-0.25, -0.2) is 4.44 Å². The van der Waals surface area contributed by atoms with Crippen LogP contribution in [-0.2, 0) is 12.4 Å². The Morgan fingerprint density at radius 2 is 0.791 bits per heavy atom. The Hall–Kier alpha value is -2.29. The summed E-state index contributed by atoms with van der Waals surface area (Å²) in [6.07, 6.45) is 8.31. The molecular weight excluding hydrogens is 919 g/mol. The van der Waals surface area contributed by atoms with Crippen molar-refractivity contribution in [3.05, 3.63) is 108 Å². The summed E-state index contributed by atoms with van der Waals surface area (Å²) in [4.78, 5) is 0. The highest BCUT2D eigenvalue weighted by Crippen LogP contribution is 2.60. The Bertz CT molecular complexity index is 1890. The van der Waals surface area contributed by atoms with Crippen LogP contribution in [0.3, 0.4) is 0 Å². The average molecular weight is 1000 g/mol. The van der Waals surface area contributed by atoms with Crippen molar-refractivity contribution >= 4 is 63.9 Å². The van der Waals surface area contributed by atoms with Crippen molar-refractivity contribution in [2.24, 2.45) is 0 Å². The lowest BCUT2D eigenvalue weighted by Crippen LogP contribution is -2.50. The standard InChI is InChI=1S/C56H81F6NP2Si2/c1-7-13-38-66(39-14-8-2,40-15-9-3)49-32-26-30-47(44-49)64(48-31-27-33-50(45-48)67(41-16-10-4,42-17-11-5)43-18-12-6)63(46-28-20-19-21-29-46)65(53-36-24-22-34-51(53)55(57,58)59)54-37-25-23-35-52(54)56(60,61)62/h22-27,30-37,44-46H,7-21,28-29,38-43H2,1-6H3. The fourth-order valence-electron chi connectivity index (χ4n) is 10.9. The Morgan fingerprint density at radius 3 is 1.12 bits per heavy atom. The molecule has 67 heavy (non-hydrogen) atoms. The summed E-state index contributed by atoms with van der Waals surface area (Å²) in [7, 11) is -8.21. The maximum Gasteiger partial charge on any atom is 0.417 e. The summed E-state index contributed by atoms with van der Waals surface area (Å²) in [6.45, 7) is 13.6. The topological polar surface area (TPSA) is 3.24 Å². The molecule has 0 radical (unpaired) electrons. The van der Waals surface area contributed by atoms with Gasteiger partial charge in [0.1, 0.15) is 0 Å². The molecule has 0 aromatic heterocycles. The number of benzene rings is 4. The van der Waals surface area contributed by atoms with E-state index in [0.717, 1.165) is 132 Å². The molecule has 0 spiro atoms. The second kappa shape index (κ2) is 26.8. The molecule has 11 heteroatoms. The summed E-state index contributed by atoms with van der Waals surface area (Å²) in [6, 6.07) is 36.5. The molecule has 370 valence electrons. The minimum Gasteiger partial charge on any atom is -0.242 e. The quantitative estimate of drug-likeness (QED) is 0.0327. The van der Waals surface area contributed by atoms with Crippen molar-refractivity contribution in [2.75, 3.05) is 0 Å². The first-order valence-corrected chi connectivity index (χ1v) is 34.0. The number of halogens is 6. The molecule has 0 bridgehead atoms. The molecule has 0 amide bonds. The average Bonchev–Trinajstić information content (AvgIpc) is 3.33. The lowest BCUT2D eigenvalue weighted by molar-refractivity contribution is -0.137. The fourth-order valence-corrected chi connectivity index (χ4v) is 29.2. The summed E-state index contributed by atoms with van der Waals surface area (Å²) in [5, 5.41) is 4.90. The third-order valence-corrected chi connectivity index (χ3v) is 31.4. The number of hydrogen-bond donors (Lipinski definition) is 0. The maximum atomic E-state index is 15.6. The van der Waals surface area contributed by atoms with Gasteiger partial charge < -0.3 is 0 Å². The van der Waals surface area contributed by atoms with Gasteiger partial charge in [-0.3, -0.25) is 0 Å². The molecule has 0 N–H and O–H groups in total. The lowest BCUT2D eigenvalue weighted by atomic mass is 9.96. The van der Waals surface area contributed by atoms with E-state index >= 15 is 26.3 Å². The summed E-state index contributed by atoms with van der Waals surface area (Å²) in [5.41, 5.74) is -1.68. The van der Waals surface area contributed by atoms with E-state index in [1.54, 1.807) is 12.1 Å². The summed E-state index contributed by atoms with van der Waals surface area (Å²) >= 11 is 0. The Labute approximate surface area is 406 Å². The minimum absolute atomic E-state index is 0.0396. The van der Waals surface area contributed by atoms with Crippen LogP contribution in [-0.4, -0.2) is 26.6 Å².